The summed E-state index contributed by atoms with van der Waals surface area (Å²) in [6, 6.07) is 17.9. The number of methoxy groups -OCH3 is 3. The number of hydrogen-bond donors (Lipinski definition) is 1. The molecule has 7 nitrogen and oxygen atoms in total. The van der Waals surface area contributed by atoms with Crippen LogP contribution in [0.4, 0.5) is 11.4 Å². The van der Waals surface area contributed by atoms with Crippen molar-refractivity contribution < 1.29 is 23.8 Å². The first kappa shape index (κ1) is 22.9. The summed E-state index contributed by atoms with van der Waals surface area (Å²) >= 11 is 0. The zero-order chi connectivity index (χ0) is 24.4. The molecule has 4 rings (SSSR count). The van der Waals surface area contributed by atoms with E-state index >= 15 is 0 Å². The van der Waals surface area contributed by atoms with Gasteiger partial charge in [0.05, 0.1) is 32.6 Å². The minimum absolute atomic E-state index is 0.171. The Balaban J connectivity index is 1.84. The molecule has 0 saturated heterocycles. The Morgan fingerprint density at radius 1 is 0.676 bits per heavy atom. The standard InChI is InChI=1S/C27H26N2O5/c1-16-10-17(2)12-20(11-16)29-26(30)24(18-6-8-21(32-3)9-7-18)25(27(29)31)28-19-13-22(33-4)15-23(14-19)34-5/h6-15,28H,1-5H3. The summed E-state index contributed by atoms with van der Waals surface area (Å²) in [5.74, 6) is 0.909. The van der Waals surface area contributed by atoms with Crippen LogP contribution in [-0.4, -0.2) is 33.1 Å². The number of imide groups is 1. The van der Waals surface area contributed by atoms with Crippen molar-refractivity contribution in [2.24, 2.45) is 0 Å². The maximum Gasteiger partial charge on any atom is 0.282 e. The van der Waals surface area contributed by atoms with Gasteiger partial charge in [-0.05, 0) is 54.8 Å². The Bertz CT molecular complexity index is 1250. The second-order valence-corrected chi connectivity index (χ2v) is 8.00. The minimum atomic E-state index is -0.442. The van der Waals surface area contributed by atoms with E-state index in [0.717, 1.165) is 11.1 Å². The van der Waals surface area contributed by atoms with Gasteiger partial charge in [-0.25, -0.2) is 4.90 Å². The summed E-state index contributed by atoms with van der Waals surface area (Å²) in [5.41, 5.74) is 4.04. The maximum absolute atomic E-state index is 13.7. The molecule has 1 aliphatic heterocycles. The second-order valence-electron chi connectivity index (χ2n) is 8.00. The number of anilines is 2. The van der Waals surface area contributed by atoms with E-state index in [2.05, 4.69) is 5.32 Å². The molecule has 0 fully saturated rings. The highest BCUT2D eigenvalue weighted by Crippen LogP contribution is 2.36. The second kappa shape index (κ2) is 9.31. The summed E-state index contributed by atoms with van der Waals surface area (Å²) in [4.78, 5) is 28.5. The van der Waals surface area contributed by atoms with E-state index < -0.39 is 11.8 Å². The number of hydrogen-bond acceptors (Lipinski definition) is 6. The van der Waals surface area contributed by atoms with Crippen molar-refractivity contribution in [2.75, 3.05) is 31.5 Å². The van der Waals surface area contributed by atoms with Gasteiger partial charge in [-0.3, -0.25) is 9.59 Å². The number of amides is 2. The molecule has 0 radical (unpaired) electrons. The van der Waals surface area contributed by atoms with Crippen LogP contribution in [0.1, 0.15) is 16.7 Å². The molecule has 3 aromatic rings. The van der Waals surface area contributed by atoms with Gasteiger partial charge < -0.3 is 19.5 Å². The van der Waals surface area contributed by atoms with Gasteiger partial charge in [0.1, 0.15) is 22.9 Å². The first-order valence-corrected chi connectivity index (χ1v) is 10.7. The molecule has 0 atom stereocenters. The van der Waals surface area contributed by atoms with E-state index in [1.54, 1.807) is 63.8 Å². The quantitative estimate of drug-likeness (QED) is 0.516. The van der Waals surface area contributed by atoms with Gasteiger partial charge in [0.2, 0.25) is 0 Å². The SMILES string of the molecule is COc1ccc(C2=C(Nc3cc(OC)cc(OC)c3)C(=O)N(c3cc(C)cc(C)c3)C2=O)cc1. The molecule has 0 bridgehead atoms. The van der Waals surface area contributed by atoms with Crippen LogP contribution in [-0.2, 0) is 9.59 Å². The lowest BCUT2D eigenvalue weighted by Crippen LogP contribution is -2.32. The maximum atomic E-state index is 13.7. The molecule has 0 aromatic heterocycles. The number of ether oxygens (including phenoxy) is 3. The third-order valence-electron chi connectivity index (χ3n) is 5.55. The van der Waals surface area contributed by atoms with Crippen molar-refractivity contribution in [3.8, 4) is 17.2 Å². The van der Waals surface area contributed by atoms with Gasteiger partial charge in [0, 0.05) is 23.9 Å². The largest absolute Gasteiger partial charge is 0.497 e. The highest BCUT2D eigenvalue weighted by molar-refractivity contribution is 6.46. The fourth-order valence-corrected chi connectivity index (χ4v) is 4.01. The van der Waals surface area contributed by atoms with E-state index in [4.69, 9.17) is 14.2 Å². The molecular weight excluding hydrogens is 432 g/mol. The third kappa shape index (κ3) is 4.32. The van der Waals surface area contributed by atoms with Gasteiger partial charge in [-0.1, -0.05) is 18.2 Å². The summed E-state index contributed by atoms with van der Waals surface area (Å²) in [6.07, 6.45) is 0. The molecule has 2 amide bonds. The summed E-state index contributed by atoms with van der Waals surface area (Å²) in [7, 11) is 4.67. The smallest absolute Gasteiger partial charge is 0.282 e. The first-order valence-electron chi connectivity index (χ1n) is 10.7. The van der Waals surface area contributed by atoms with Gasteiger partial charge >= 0.3 is 0 Å². The van der Waals surface area contributed by atoms with Crippen LogP contribution < -0.4 is 24.4 Å². The Morgan fingerprint density at radius 2 is 1.24 bits per heavy atom. The van der Waals surface area contributed by atoms with Gasteiger partial charge in [-0.15, -0.1) is 0 Å². The lowest BCUT2D eigenvalue weighted by molar-refractivity contribution is -0.120. The predicted molar refractivity (Wildman–Crippen MR) is 131 cm³/mol. The molecule has 1 aliphatic rings. The summed E-state index contributed by atoms with van der Waals surface area (Å²) in [5, 5.41) is 3.15. The summed E-state index contributed by atoms with van der Waals surface area (Å²) in [6.45, 7) is 3.86. The van der Waals surface area contributed by atoms with E-state index in [0.29, 0.717) is 34.2 Å². The number of carbonyl (C=O) groups is 2. The van der Waals surface area contributed by atoms with Crippen molar-refractivity contribution in [2.45, 2.75) is 13.8 Å². The fraction of sp³-hybridized carbons (Fsp3) is 0.185. The molecular formula is C27H26N2O5. The van der Waals surface area contributed by atoms with Crippen molar-refractivity contribution >= 4 is 28.8 Å². The molecule has 1 N–H and O–H groups in total. The van der Waals surface area contributed by atoms with E-state index in [1.807, 2.05) is 32.0 Å². The molecule has 0 unspecified atom stereocenters. The predicted octanol–water partition coefficient (Wildman–Crippen LogP) is 4.73. The number of benzene rings is 3. The first-order chi connectivity index (χ1) is 16.3. The van der Waals surface area contributed by atoms with Gasteiger partial charge in [0.15, 0.2) is 0 Å². The van der Waals surface area contributed by atoms with Gasteiger partial charge in [0.25, 0.3) is 11.8 Å². The molecule has 0 saturated carbocycles. The zero-order valence-electron chi connectivity index (χ0n) is 19.8. The monoisotopic (exact) mass is 458 g/mol. The molecule has 0 aliphatic carbocycles. The molecule has 7 heteroatoms. The summed E-state index contributed by atoms with van der Waals surface area (Å²) < 4.78 is 16.0. The lowest BCUT2D eigenvalue weighted by atomic mass is 10.0. The fourth-order valence-electron chi connectivity index (χ4n) is 4.01. The topological polar surface area (TPSA) is 77.1 Å². The van der Waals surface area contributed by atoms with Crippen LogP contribution in [0, 0.1) is 13.8 Å². The van der Waals surface area contributed by atoms with Crippen molar-refractivity contribution in [3.05, 3.63) is 83.1 Å². The Morgan fingerprint density at radius 3 is 1.76 bits per heavy atom. The van der Waals surface area contributed by atoms with Crippen LogP contribution in [0.5, 0.6) is 17.2 Å². The van der Waals surface area contributed by atoms with Crippen molar-refractivity contribution in [3.63, 3.8) is 0 Å². The normalized spacial score (nSPS) is 13.4. The molecule has 0 spiro atoms. The number of rotatable bonds is 7. The molecule has 34 heavy (non-hydrogen) atoms. The lowest BCUT2D eigenvalue weighted by Gasteiger charge is -2.17. The van der Waals surface area contributed by atoms with E-state index in [-0.39, 0.29) is 11.3 Å². The molecule has 174 valence electrons. The van der Waals surface area contributed by atoms with E-state index in [9.17, 15) is 9.59 Å². The zero-order valence-corrected chi connectivity index (χ0v) is 19.8. The highest BCUT2D eigenvalue weighted by atomic mass is 16.5. The molecule has 3 aromatic carbocycles. The molecule has 1 heterocycles. The Kier molecular flexibility index (Phi) is 6.27. The number of carbonyl (C=O) groups excluding carboxylic acids is 2. The van der Waals surface area contributed by atoms with Crippen molar-refractivity contribution in [1.29, 1.82) is 0 Å². The number of aryl methyl sites for hydroxylation is 2. The number of nitrogens with zero attached hydrogens (tertiary/aromatic N) is 1. The van der Waals surface area contributed by atoms with Crippen molar-refractivity contribution in [1.82, 2.24) is 0 Å². The van der Waals surface area contributed by atoms with Crippen LogP contribution in [0.2, 0.25) is 0 Å². The Hall–Kier alpha value is -4.26. The van der Waals surface area contributed by atoms with Crippen LogP contribution >= 0.6 is 0 Å². The van der Waals surface area contributed by atoms with E-state index in [1.165, 1.54) is 4.90 Å². The third-order valence-corrected chi connectivity index (χ3v) is 5.55. The highest BCUT2D eigenvalue weighted by Gasteiger charge is 2.40. The number of nitrogens with one attached hydrogen (secondary N) is 1. The minimum Gasteiger partial charge on any atom is -0.497 e. The Labute approximate surface area is 198 Å². The average Bonchev–Trinajstić information content (AvgIpc) is 3.07. The van der Waals surface area contributed by atoms with Crippen LogP contribution in [0.3, 0.4) is 0 Å². The average molecular weight is 459 g/mol. The van der Waals surface area contributed by atoms with Gasteiger partial charge in [-0.2, -0.15) is 0 Å². The van der Waals surface area contributed by atoms with Crippen LogP contribution in [0.15, 0.2) is 66.4 Å². The van der Waals surface area contributed by atoms with Crippen LogP contribution in [0.25, 0.3) is 5.57 Å².